The van der Waals surface area contributed by atoms with E-state index in [9.17, 15) is 4.79 Å². The maximum atomic E-state index is 13.3. The lowest BCUT2D eigenvalue weighted by Gasteiger charge is -2.34. The summed E-state index contributed by atoms with van der Waals surface area (Å²) in [5.74, 6) is 0.833. The van der Waals surface area contributed by atoms with E-state index in [-0.39, 0.29) is 36.8 Å². The molecule has 1 aliphatic heterocycles. The number of morpholine rings is 1. The monoisotopic (exact) mass is 552 g/mol. The number of ether oxygens (including phenoxy) is 2. The second-order valence-corrected chi connectivity index (χ2v) is 10.1. The third-order valence-corrected chi connectivity index (χ3v) is 6.87. The molecule has 1 aliphatic carbocycles. The van der Waals surface area contributed by atoms with Gasteiger partial charge < -0.3 is 19.3 Å². The molecule has 37 heavy (non-hydrogen) atoms. The Morgan fingerprint density at radius 2 is 1.84 bits per heavy atom. The molecule has 0 spiro atoms. The highest BCUT2D eigenvalue weighted by molar-refractivity contribution is 5.93. The van der Waals surface area contributed by atoms with Gasteiger partial charge in [0.05, 0.1) is 24.5 Å². The largest absolute Gasteiger partial charge is 0.490 e. The van der Waals surface area contributed by atoms with Crippen molar-refractivity contribution < 1.29 is 14.3 Å². The first-order valence-corrected chi connectivity index (χ1v) is 13.2. The van der Waals surface area contributed by atoms with E-state index in [1.165, 1.54) is 19.3 Å². The predicted octanol–water partition coefficient (Wildman–Crippen LogP) is 5.44. The van der Waals surface area contributed by atoms with E-state index < -0.39 is 0 Å². The van der Waals surface area contributed by atoms with E-state index in [2.05, 4.69) is 34.2 Å². The van der Waals surface area contributed by atoms with Crippen LogP contribution in [0.25, 0.3) is 11.1 Å². The summed E-state index contributed by atoms with van der Waals surface area (Å²) in [4.78, 5) is 17.3. The van der Waals surface area contributed by atoms with Gasteiger partial charge >= 0.3 is 0 Å². The fourth-order valence-electron chi connectivity index (χ4n) is 4.97. The van der Waals surface area contributed by atoms with Crippen LogP contribution in [-0.4, -0.2) is 78.4 Å². The number of hydrogen-bond acceptors (Lipinski definition) is 6. The Balaban J connectivity index is 0.00000241. The molecular formula is C28H42Cl2N4O3. The second-order valence-electron chi connectivity index (χ2n) is 10.1. The molecule has 206 valence electrons. The van der Waals surface area contributed by atoms with Gasteiger partial charge in [-0.05, 0) is 76.4 Å². The van der Waals surface area contributed by atoms with Crippen molar-refractivity contribution in [3.63, 3.8) is 0 Å². The number of carbonyl (C=O) groups excluding carboxylic acids is 1. The van der Waals surface area contributed by atoms with Crippen LogP contribution in [0, 0.1) is 0 Å². The fraction of sp³-hybridized carbons (Fsp3) is 0.607. The van der Waals surface area contributed by atoms with Gasteiger partial charge in [0.2, 0.25) is 0 Å². The smallest absolute Gasteiger partial charge is 0.274 e. The van der Waals surface area contributed by atoms with Crippen molar-refractivity contribution >= 4 is 30.7 Å². The predicted molar refractivity (Wildman–Crippen MR) is 152 cm³/mol. The number of aromatic nitrogens is 2. The summed E-state index contributed by atoms with van der Waals surface area (Å²) < 4.78 is 12.1. The zero-order chi connectivity index (χ0) is 24.6. The van der Waals surface area contributed by atoms with Crippen LogP contribution in [-0.2, 0) is 11.2 Å². The van der Waals surface area contributed by atoms with Gasteiger partial charge in [-0.15, -0.1) is 29.9 Å². The Morgan fingerprint density at radius 1 is 1.11 bits per heavy atom. The average Bonchev–Trinajstić information content (AvgIpc) is 2.88. The molecule has 0 unspecified atom stereocenters. The molecule has 0 N–H and O–H groups in total. The maximum absolute atomic E-state index is 13.3. The number of unbranched alkanes of at least 4 members (excludes halogenated alkanes) is 1. The standard InChI is InChI=1S/C28H40N4O3.2ClH/c1-4-5-11-26-25(21-12-14-23(15-13-21)35-22-9-7-6-8-10-22)18-27(30-29-26)28(33)32-16-17-34-24(20-32)19-31(2)3;;/h12-15,18,22,24H,4-11,16-17,19-20H2,1-3H3;2*1H/t24-;;/m0../s1. The molecule has 1 aromatic carbocycles. The number of benzene rings is 1. The number of amides is 1. The Morgan fingerprint density at radius 3 is 2.51 bits per heavy atom. The number of hydrogen-bond donors (Lipinski definition) is 0. The van der Waals surface area contributed by atoms with Gasteiger partial charge in [0.15, 0.2) is 5.69 Å². The van der Waals surface area contributed by atoms with Crippen molar-refractivity contribution in [1.82, 2.24) is 20.0 Å². The van der Waals surface area contributed by atoms with Crippen molar-refractivity contribution in [3.8, 4) is 16.9 Å². The highest BCUT2D eigenvalue weighted by Gasteiger charge is 2.27. The van der Waals surface area contributed by atoms with E-state index in [0.717, 1.165) is 61.2 Å². The van der Waals surface area contributed by atoms with Gasteiger partial charge in [0, 0.05) is 25.2 Å². The van der Waals surface area contributed by atoms with Crippen LogP contribution in [0.2, 0.25) is 0 Å². The molecule has 4 rings (SSSR count). The molecule has 9 heteroatoms. The second kappa shape index (κ2) is 15.5. The first-order valence-electron chi connectivity index (χ1n) is 13.2. The van der Waals surface area contributed by atoms with Gasteiger partial charge in [-0.25, -0.2) is 0 Å². The van der Waals surface area contributed by atoms with Gasteiger partial charge in [0.25, 0.3) is 5.91 Å². The van der Waals surface area contributed by atoms with Crippen LogP contribution in [0.5, 0.6) is 5.75 Å². The van der Waals surface area contributed by atoms with E-state index in [4.69, 9.17) is 9.47 Å². The summed E-state index contributed by atoms with van der Waals surface area (Å²) >= 11 is 0. The lowest BCUT2D eigenvalue weighted by molar-refractivity contribution is -0.0308. The Kier molecular flexibility index (Phi) is 13.1. The highest BCUT2D eigenvalue weighted by Crippen LogP contribution is 2.29. The summed E-state index contributed by atoms with van der Waals surface area (Å²) in [6.07, 6.45) is 9.39. The molecule has 1 saturated carbocycles. The molecular weight excluding hydrogens is 511 g/mol. The van der Waals surface area contributed by atoms with E-state index in [1.54, 1.807) is 0 Å². The Labute approximate surface area is 234 Å². The number of carbonyl (C=O) groups is 1. The minimum Gasteiger partial charge on any atom is -0.490 e. The summed E-state index contributed by atoms with van der Waals surface area (Å²) in [7, 11) is 4.03. The van der Waals surface area contributed by atoms with Gasteiger partial charge in [0.1, 0.15) is 5.75 Å². The third-order valence-electron chi connectivity index (χ3n) is 6.87. The summed E-state index contributed by atoms with van der Waals surface area (Å²) in [5.41, 5.74) is 3.37. The first-order chi connectivity index (χ1) is 17.0. The number of aryl methyl sites for hydroxylation is 1. The molecule has 0 bridgehead atoms. The number of likely N-dealkylation sites (N-methyl/N-ethyl adjacent to an activating group) is 1. The number of halogens is 2. The average molecular weight is 554 g/mol. The van der Waals surface area contributed by atoms with Gasteiger partial charge in [-0.3, -0.25) is 4.79 Å². The summed E-state index contributed by atoms with van der Waals surface area (Å²) in [6, 6.07) is 10.2. The summed E-state index contributed by atoms with van der Waals surface area (Å²) in [6.45, 7) is 4.64. The molecule has 2 heterocycles. The van der Waals surface area contributed by atoms with Gasteiger partial charge in [-0.1, -0.05) is 31.9 Å². The summed E-state index contributed by atoms with van der Waals surface area (Å²) in [5, 5.41) is 8.88. The van der Waals surface area contributed by atoms with Crippen LogP contribution >= 0.6 is 24.8 Å². The van der Waals surface area contributed by atoms with Crippen LogP contribution in [0.4, 0.5) is 0 Å². The van der Waals surface area contributed by atoms with E-state index in [1.807, 2.05) is 37.2 Å². The zero-order valence-corrected chi connectivity index (χ0v) is 24.0. The van der Waals surface area contributed by atoms with Gasteiger partial charge in [-0.2, -0.15) is 5.10 Å². The Hall–Kier alpha value is -1.93. The Bertz CT molecular complexity index is 968. The maximum Gasteiger partial charge on any atom is 0.274 e. The molecule has 1 aromatic heterocycles. The van der Waals surface area contributed by atoms with E-state index in [0.29, 0.717) is 31.5 Å². The van der Waals surface area contributed by atoms with Crippen molar-refractivity contribution in [2.75, 3.05) is 40.3 Å². The molecule has 2 aliphatic rings. The molecule has 1 amide bonds. The van der Waals surface area contributed by atoms with Crippen LogP contribution in [0.1, 0.15) is 68.1 Å². The number of rotatable bonds is 9. The zero-order valence-electron chi connectivity index (χ0n) is 22.4. The molecule has 1 atom stereocenters. The van der Waals surface area contributed by atoms with Crippen LogP contribution in [0.3, 0.4) is 0 Å². The quantitative estimate of drug-likeness (QED) is 0.412. The first kappa shape index (κ1) is 31.3. The fourth-order valence-corrected chi connectivity index (χ4v) is 4.97. The lowest BCUT2D eigenvalue weighted by Crippen LogP contribution is -2.49. The highest BCUT2D eigenvalue weighted by atomic mass is 35.5. The normalized spacial score (nSPS) is 18.2. The molecule has 0 radical (unpaired) electrons. The molecule has 2 fully saturated rings. The third kappa shape index (κ3) is 8.81. The van der Waals surface area contributed by atoms with Crippen molar-refractivity contribution in [2.24, 2.45) is 0 Å². The minimum atomic E-state index is -0.0786. The lowest BCUT2D eigenvalue weighted by atomic mass is 9.97. The number of nitrogens with zero attached hydrogens (tertiary/aromatic N) is 4. The van der Waals surface area contributed by atoms with Crippen molar-refractivity contribution in [2.45, 2.75) is 70.5 Å². The SMILES string of the molecule is CCCCc1nnc(C(=O)N2CCO[C@@H](CN(C)C)C2)cc1-c1ccc(OC2CCCCC2)cc1.Cl.Cl. The minimum absolute atomic E-state index is 0. The van der Waals surface area contributed by atoms with E-state index >= 15 is 0 Å². The topological polar surface area (TPSA) is 67.8 Å². The van der Waals surface area contributed by atoms with Crippen molar-refractivity contribution in [3.05, 3.63) is 41.7 Å². The molecule has 1 saturated heterocycles. The molecule has 2 aromatic rings. The van der Waals surface area contributed by atoms with Crippen LogP contribution < -0.4 is 4.74 Å². The molecule has 7 nitrogen and oxygen atoms in total. The van der Waals surface area contributed by atoms with Crippen molar-refractivity contribution in [1.29, 1.82) is 0 Å². The van der Waals surface area contributed by atoms with Crippen LogP contribution in [0.15, 0.2) is 30.3 Å².